The molecule has 0 aromatic heterocycles. The van der Waals surface area contributed by atoms with Crippen LogP contribution in [-0.2, 0) is 38.2 Å². The van der Waals surface area contributed by atoms with Crippen LogP contribution in [0.25, 0.3) is 0 Å². The van der Waals surface area contributed by atoms with Gasteiger partial charge in [-0.05, 0) is 6.42 Å². The monoisotopic (exact) mass is 463 g/mol. The first kappa shape index (κ1) is 28.9. The summed E-state index contributed by atoms with van der Waals surface area (Å²) in [6, 6.07) is -0.852. The molecule has 0 radical (unpaired) electrons. The van der Waals surface area contributed by atoms with Gasteiger partial charge in [-0.1, -0.05) is 13.8 Å². The fraction of sp³-hybridized carbons (Fsp3) is 0.750. The van der Waals surface area contributed by atoms with E-state index in [1.165, 1.54) is 18.7 Å². The number of hydrogen-bond donors (Lipinski definition) is 2. The van der Waals surface area contributed by atoms with E-state index in [1.807, 2.05) is 0 Å². The van der Waals surface area contributed by atoms with Crippen molar-refractivity contribution in [2.75, 3.05) is 31.8 Å². The molecule has 0 aliphatic carbocycles. The first-order chi connectivity index (χ1) is 14.7. The molecule has 0 aliphatic rings. The normalized spacial score (nSPS) is 13.5. The van der Waals surface area contributed by atoms with Crippen LogP contribution in [0.1, 0.15) is 46.5 Å². The van der Waals surface area contributed by atoms with Crippen LogP contribution in [0.3, 0.4) is 0 Å². The van der Waals surface area contributed by atoms with Crippen molar-refractivity contribution in [3.63, 3.8) is 0 Å². The third-order valence-electron chi connectivity index (χ3n) is 4.18. The van der Waals surface area contributed by atoms with Gasteiger partial charge in [0, 0.05) is 31.3 Å². The van der Waals surface area contributed by atoms with Gasteiger partial charge < -0.3 is 24.6 Å². The number of rotatable bonds is 16. The van der Waals surface area contributed by atoms with Crippen LogP contribution < -0.4 is 5.32 Å². The van der Waals surface area contributed by atoms with E-state index in [9.17, 15) is 29.1 Å². The Morgan fingerprint density at radius 1 is 1.06 bits per heavy atom. The minimum atomic E-state index is -0.993. The van der Waals surface area contributed by atoms with E-state index in [2.05, 4.69) is 10.1 Å². The number of esters is 3. The van der Waals surface area contributed by atoms with Gasteiger partial charge in [-0.3, -0.25) is 24.0 Å². The third kappa shape index (κ3) is 13.0. The summed E-state index contributed by atoms with van der Waals surface area (Å²) in [7, 11) is 1.16. The number of aliphatic hydroxyl groups is 1. The van der Waals surface area contributed by atoms with Gasteiger partial charge in [-0.2, -0.15) is 11.8 Å². The first-order valence-electron chi connectivity index (χ1n) is 10.1. The zero-order valence-corrected chi connectivity index (χ0v) is 19.3. The van der Waals surface area contributed by atoms with Crippen LogP contribution >= 0.6 is 11.8 Å². The SMILES string of the molecule is CCC(=O)O[C@H](CC)CC(=O)OCCSC[C@H](NC(C)=O)C(=O)C[C@@H](CO)C(=O)OC. The van der Waals surface area contributed by atoms with Gasteiger partial charge in [0.05, 0.1) is 32.1 Å². The lowest BCUT2D eigenvalue weighted by Crippen LogP contribution is -2.43. The number of ketones is 1. The van der Waals surface area contributed by atoms with Crippen LogP contribution in [-0.4, -0.2) is 78.7 Å². The molecule has 10 nitrogen and oxygen atoms in total. The maximum Gasteiger partial charge on any atom is 0.311 e. The number of carbonyl (C=O) groups is 5. The molecule has 0 bridgehead atoms. The highest BCUT2D eigenvalue weighted by Crippen LogP contribution is 2.12. The van der Waals surface area contributed by atoms with Gasteiger partial charge in [0.2, 0.25) is 5.91 Å². The number of aliphatic hydroxyl groups excluding tert-OH is 1. The summed E-state index contributed by atoms with van der Waals surface area (Å²) in [6.07, 6.45) is -0.0937. The third-order valence-corrected chi connectivity index (χ3v) is 5.20. The Bertz CT molecular complexity index is 611. The smallest absolute Gasteiger partial charge is 0.311 e. The number of hydrogen-bond acceptors (Lipinski definition) is 10. The predicted molar refractivity (Wildman–Crippen MR) is 113 cm³/mol. The van der Waals surface area contributed by atoms with Crippen molar-refractivity contribution in [3.8, 4) is 0 Å². The molecule has 0 saturated carbocycles. The van der Waals surface area contributed by atoms with E-state index in [4.69, 9.17) is 9.47 Å². The number of ether oxygens (including phenoxy) is 3. The highest BCUT2D eigenvalue weighted by Gasteiger charge is 2.27. The van der Waals surface area contributed by atoms with Crippen LogP contribution in [0.4, 0.5) is 0 Å². The molecule has 11 heteroatoms. The van der Waals surface area contributed by atoms with E-state index in [0.717, 1.165) is 7.11 Å². The van der Waals surface area contributed by atoms with Crippen LogP contribution in [0.2, 0.25) is 0 Å². The Balaban J connectivity index is 4.46. The lowest BCUT2D eigenvalue weighted by Gasteiger charge is -2.19. The molecular formula is C20H33NO9S. The van der Waals surface area contributed by atoms with E-state index in [1.54, 1.807) is 13.8 Å². The Kier molecular flexibility index (Phi) is 15.4. The zero-order valence-electron chi connectivity index (χ0n) is 18.5. The molecule has 0 rings (SSSR count). The maximum atomic E-state index is 12.4. The van der Waals surface area contributed by atoms with E-state index < -0.39 is 48.3 Å². The van der Waals surface area contributed by atoms with Crippen molar-refractivity contribution in [2.45, 2.75) is 58.6 Å². The largest absolute Gasteiger partial charge is 0.469 e. The zero-order chi connectivity index (χ0) is 23.8. The van der Waals surface area contributed by atoms with Crippen LogP contribution in [0, 0.1) is 5.92 Å². The molecule has 0 aromatic rings. The summed E-state index contributed by atoms with van der Waals surface area (Å²) in [6.45, 7) is 4.29. The molecule has 3 atom stereocenters. The van der Waals surface area contributed by atoms with E-state index in [0.29, 0.717) is 12.2 Å². The van der Waals surface area contributed by atoms with Crippen LogP contribution in [0.15, 0.2) is 0 Å². The number of carbonyl (C=O) groups excluding carboxylic acids is 5. The molecule has 31 heavy (non-hydrogen) atoms. The van der Waals surface area contributed by atoms with Crippen molar-refractivity contribution in [1.82, 2.24) is 5.32 Å². The summed E-state index contributed by atoms with van der Waals surface area (Å²) in [4.78, 5) is 58.6. The molecule has 0 aliphatic heterocycles. The van der Waals surface area contributed by atoms with Gasteiger partial charge >= 0.3 is 17.9 Å². The first-order valence-corrected chi connectivity index (χ1v) is 11.2. The average Bonchev–Trinajstić information content (AvgIpc) is 2.74. The quantitative estimate of drug-likeness (QED) is 0.190. The van der Waals surface area contributed by atoms with Gasteiger partial charge in [0.25, 0.3) is 0 Å². The van der Waals surface area contributed by atoms with Crippen LogP contribution in [0.5, 0.6) is 0 Å². The number of nitrogens with one attached hydrogen (secondary N) is 1. The van der Waals surface area contributed by atoms with Crippen molar-refractivity contribution < 1.29 is 43.3 Å². The van der Waals surface area contributed by atoms with Gasteiger partial charge in [0.15, 0.2) is 5.78 Å². The maximum absolute atomic E-state index is 12.4. The summed E-state index contributed by atoms with van der Waals surface area (Å²) in [5.41, 5.74) is 0. The molecule has 0 fully saturated rings. The lowest BCUT2D eigenvalue weighted by molar-refractivity contribution is -0.155. The van der Waals surface area contributed by atoms with Crippen molar-refractivity contribution in [1.29, 1.82) is 0 Å². The molecular weight excluding hydrogens is 430 g/mol. The average molecular weight is 464 g/mol. The van der Waals surface area contributed by atoms with Gasteiger partial charge in [-0.25, -0.2) is 0 Å². The molecule has 0 aromatic carbocycles. The number of amides is 1. The molecule has 178 valence electrons. The summed E-state index contributed by atoms with van der Waals surface area (Å²) in [5, 5.41) is 11.8. The number of methoxy groups -OCH3 is 1. The molecule has 0 heterocycles. The predicted octanol–water partition coefficient (Wildman–Crippen LogP) is 0.630. The molecule has 1 amide bonds. The topological polar surface area (TPSA) is 145 Å². The van der Waals surface area contributed by atoms with E-state index in [-0.39, 0.29) is 37.6 Å². The highest BCUT2D eigenvalue weighted by molar-refractivity contribution is 7.99. The summed E-state index contributed by atoms with van der Waals surface area (Å²) in [5.74, 6) is -2.79. The molecule has 0 unspecified atom stereocenters. The molecule has 2 N–H and O–H groups in total. The lowest BCUT2D eigenvalue weighted by atomic mass is 10.00. The minimum Gasteiger partial charge on any atom is -0.469 e. The Morgan fingerprint density at radius 3 is 2.26 bits per heavy atom. The Morgan fingerprint density at radius 2 is 1.74 bits per heavy atom. The summed E-state index contributed by atoms with van der Waals surface area (Å²) < 4.78 is 14.8. The van der Waals surface area contributed by atoms with Crippen molar-refractivity contribution in [3.05, 3.63) is 0 Å². The standard InChI is InChI=1S/C20H33NO9S/c1-5-15(30-18(25)6-2)10-19(26)29-7-8-31-12-16(21-13(3)23)17(24)9-14(11-22)20(27)28-4/h14-16,22H,5-12H2,1-4H3,(H,21,23)/t14-,15+,16-/m0/s1. The minimum absolute atomic E-state index is 0.0318. The Hall–Kier alpha value is -2.14. The number of Topliss-reactive ketones (excluding diaryl/α,β-unsaturated/α-hetero) is 1. The van der Waals surface area contributed by atoms with Gasteiger partial charge in [0.1, 0.15) is 12.7 Å². The van der Waals surface area contributed by atoms with Gasteiger partial charge in [-0.15, -0.1) is 0 Å². The molecule has 0 saturated heterocycles. The second-order valence-corrected chi connectivity index (χ2v) is 7.85. The van der Waals surface area contributed by atoms with Crippen molar-refractivity contribution >= 4 is 41.4 Å². The Labute approximate surface area is 186 Å². The summed E-state index contributed by atoms with van der Waals surface area (Å²) >= 11 is 1.28. The molecule has 0 spiro atoms. The number of thioether (sulfide) groups is 1. The van der Waals surface area contributed by atoms with E-state index >= 15 is 0 Å². The fourth-order valence-electron chi connectivity index (χ4n) is 2.43. The second kappa shape index (κ2) is 16.5. The highest BCUT2D eigenvalue weighted by atomic mass is 32.2. The van der Waals surface area contributed by atoms with Crippen molar-refractivity contribution in [2.24, 2.45) is 5.92 Å². The fourth-order valence-corrected chi connectivity index (χ4v) is 3.31. The second-order valence-electron chi connectivity index (χ2n) is 6.70.